The van der Waals surface area contributed by atoms with E-state index in [1.54, 1.807) is 0 Å². The first kappa shape index (κ1) is 14.2. The van der Waals surface area contributed by atoms with E-state index >= 15 is 0 Å². The van der Waals surface area contributed by atoms with E-state index in [0.29, 0.717) is 0 Å². The molecule has 2 rings (SSSR count). The van der Waals surface area contributed by atoms with Gasteiger partial charge >= 0.3 is 123 Å². The Hall–Kier alpha value is -1.17. The molecule has 0 aliphatic rings. The van der Waals surface area contributed by atoms with E-state index in [9.17, 15) is 4.79 Å². The van der Waals surface area contributed by atoms with E-state index in [2.05, 4.69) is 24.3 Å². The fraction of sp³-hybridized carbons (Fsp3) is 0.188. The Balaban J connectivity index is 2.32. The summed E-state index contributed by atoms with van der Waals surface area (Å²) < 4.78 is 8.29. The molecule has 0 atom stereocenters. The van der Waals surface area contributed by atoms with Gasteiger partial charge in [0.25, 0.3) is 0 Å². The van der Waals surface area contributed by atoms with Gasteiger partial charge in [-0.3, -0.25) is 0 Å². The number of hydrogen-bond acceptors (Lipinski definition) is 2. The minimum absolute atomic E-state index is 0.0741. The fourth-order valence-corrected chi connectivity index (χ4v) is 10.8. The molecule has 0 unspecified atom stereocenters. The molecule has 0 amide bonds. The molecule has 2 aromatic carbocycles. The first-order valence-electron chi connectivity index (χ1n) is 6.49. The van der Waals surface area contributed by atoms with Crippen LogP contribution in [0.3, 0.4) is 0 Å². The molecule has 0 N–H and O–H groups in total. The molecular formula is C16H17O2Tl. The summed E-state index contributed by atoms with van der Waals surface area (Å²) in [4.78, 5) is 11.9. The Kier molecular flexibility index (Phi) is 5.13. The van der Waals surface area contributed by atoms with E-state index < -0.39 is 23.2 Å². The molecule has 0 saturated heterocycles. The summed E-state index contributed by atoms with van der Waals surface area (Å²) in [7, 11) is 0. The van der Waals surface area contributed by atoms with Crippen molar-refractivity contribution in [1.29, 1.82) is 0 Å². The fourth-order valence-electron chi connectivity index (χ4n) is 1.84. The zero-order valence-corrected chi connectivity index (χ0v) is 15.7. The molecule has 96 valence electrons. The van der Waals surface area contributed by atoms with Crippen LogP contribution in [0.5, 0.6) is 0 Å². The summed E-state index contributed by atoms with van der Waals surface area (Å²) in [5.74, 6) is -0.158. The molecule has 0 spiro atoms. The Labute approximate surface area is 123 Å². The first-order valence-corrected chi connectivity index (χ1v) is 12.8. The normalized spacial score (nSPS) is 10.3. The van der Waals surface area contributed by atoms with Crippen LogP contribution in [0.15, 0.2) is 60.7 Å². The van der Waals surface area contributed by atoms with E-state index in [4.69, 9.17) is 2.69 Å². The second kappa shape index (κ2) is 6.84. The number of carbonyl (C=O) groups excluding carboxylic acids is 1. The summed E-state index contributed by atoms with van der Waals surface area (Å²) in [5, 5.41) is 0. The average Bonchev–Trinajstić information content (AvgIpc) is 2.46. The van der Waals surface area contributed by atoms with Gasteiger partial charge in [-0.15, -0.1) is 0 Å². The predicted octanol–water partition coefficient (Wildman–Crippen LogP) is 1.99. The molecule has 0 saturated carbocycles. The van der Waals surface area contributed by atoms with Crippen LogP contribution in [0.4, 0.5) is 0 Å². The van der Waals surface area contributed by atoms with Gasteiger partial charge in [-0.2, -0.15) is 0 Å². The molecule has 0 radical (unpaired) electrons. The zero-order chi connectivity index (χ0) is 13.7. The van der Waals surface area contributed by atoms with Gasteiger partial charge in [0, 0.05) is 0 Å². The standard InChI is InChI=1S/2C6H5.C4H8O2.Tl/c2*1-2-4-6-5-3-1;1-3(2)4(5)6;/h2*1-5H;3H,1-2H3,(H,5,6);/q;;;+1/p-1. The molecule has 3 heteroatoms. The Morgan fingerprint density at radius 1 is 0.895 bits per heavy atom. The van der Waals surface area contributed by atoms with Crippen LogP contribution in [0.1, 0.15) is 13.8 Å². The van der Waals surface area contributed by atoms with Crippen LogP contribution in [0, 0.1) is 5.92 Å². The second-order valence-electron chi connectivity index (χ2n) is 4.79. The van der Waals surface area contributed by atoms with Crippen LogP contribution < -0.4 is 6.25 Å². The third-order valence-electron chi connectivity index (χ3n) is 2.91. The molecule has 0 heterocycles. The average molecular weight is 446 g/mol. The summed E-state index contributed by atoms with van der Waals surface area (Å²) in [6, 6.07) is 20.3. The molecule has 0 aromatic heterocycles. The van der Waals surface area contributed by atoms with Gasteiger partial charge in [-0.25, -0.2) is 0 Å². The summed E-state index contributed by atoms with van der Waals surface area (Å²) >= 11 is -2.86. The maximum absolute atomic E-state index is 11.9. The van der Waals surface area contributed by atoms with Crippen LogP contribution >= 0.6 is 0 Å². The van der Waals surface area contributed by atoms with Crippen LogP contribution in [-0.2, 0) is 7.48 Å². The summed E-state index contributed by atoms with van der Waals surface area (Å²) in [6.07, 6.45) is 0. The van der Waals surface area contributed by atoms with Crippen molar-refractivity contribution >= 4 is 35.4 Å². The van der Waals surface area contributed by atoms with E-state index in [1.807, 2.05) is 50.2 Å². The van der Waals surface area contributed by atoms with Crippen molar-refractivity contribution in [2.24, 2.45) is 5.92 Å². The second-order valence-corrected chi connectivity index (χ2v) is 13.8. The van der Waals surface area contributed by atoms with Crippen LogP contribution in [-0.4, -0.2) is 29.1 Å². The van der Waals surface area contributed by atoms with Gasteiger partial charge < -0.3 is 0 Å². The molecule has 0 bridgehead atoms. The molecule has 0 fully saturated rings. The van der Waals surface area contributed by atoms with Crippen molar-refractivity contribution in [1.82, 2.24) is 0 Å². The van der Waals surface area contributed by atoms with Crippen molar-refractivity contribution < 1.29 is 7.48 Å². The molecule has 2 nitrogen and oxygen atoms in total. The van der Waals surface area contributed by atoms with E-state index in [-0.39, 0.29) is 11.9 Å². The monoisotopic (exact) mass is 446 g/mol. The summed E-state index contributed by atoms with van der Waals surface area (Å²) in [5.41, 5.74) is 0. The van der Waals surface area contributed by atoms with Gasteiger partial charge in [0.2, 0.25) is 0 Å². The zero-order valence-electron chi connectivity index (χ0n) is 11.2. The van der Waals surface area contributed by atoms with Gasteiger partial charge in [-0.1, -0.05) is 0 Å². The van der Waals surface area contributed by atoms with Crippen molar-refractivity contribution in [3.8, 4) is 0 Å². The third-order valence-corrected chi connectivity index (χ3v) is 12.4. The van der Waals surface area contributed by atoms with E-state index in [0.717, 1.165) is 0 Å². The minimum atomic E-state index is -2.86. The molecule has 19 heavy (non-hydrogen) atoms. The van der Waals surface area contributed by atoms with Crippen molar-refractivity contribution in [3.05, 3.63) is 60.7 Å². The van der Waals surface area contributed by atoms with Gasteiger partial charge in [0.15, 0.2) is 0 Å². The Morgan fingerprint density at radius 3 is 1.68 bits per heavy atom. The topological polar surface area (TPSA) is 26.3 Å². The van der Waals surface area contributed by atoms with Crippen molar-refractivity contribution in [2.75, 3.05) is 0 Å². The molecular weight excluding hydrogens is 429 g/mol. The van der Waals surface area contributed by atoms with Crippen LogP contribution in [0.2, 0.25) is 0 Å². The van der Waals surface area contributed by atoms with Crippen LogP contribution in [0.25, 0.3) is 0 Å². The van der Waals surface area contributed by atoms with Crippen molar-refractivity contribution in [3.63, 3.8) is 0 Å². The quantitative estimate of drug-likeness (QED) is 0.673. The third kappa shape index (κ3) is 3.90. The van der Waals surface area contributed by atoms with Gasteiger partial charge in [0.1, 0.15) is 0 Å². The molecule has 0 aliphatic heterocycles. The van der Waals surface area contributed by atoms with E-state index in [1.165, 1.54) is 6.25 Å². The number of carbonyl (C=O) groups is 1. The number of rotatable bonds is 4. The summed E-state index contributed by atoms with van der Waals surface area (Å²) in [6.45, 7) is 3.76. The number of hydrogen-bond donors (Lipinski definition) is 0. The van der Waals surface area contributed by atoms with Gasteiger partial charge in [0.05, 0.1) is 0 Å². The Morgan fingerprint density at radius 2 is 1.32 bits per heavy atom. The van der Waals surface area contributed by atoms with Crippen molar-refractivity contribution in [2.45, 2.75) is 13.8 Å². The first-order chi connectivity index (χ1) is 9.18. The molecule has 0 aliphatic carbocycles. The SMILES string of the molecule is CC(C)C(=O)[O][Tl]([c]1ccccc1)[c]1ccccc1. The maximum atomic E-state index is 11.9. The molecule has 2 aromatic rings. The number of benzene rings is 2. The van der Waals surface area contributed by atoms with Gasteiger partial charge in [-0.05, 0) is 0 Å². The Bertz CT molecular complexity index is 483. The predicted molar refractivity (Wildman–Crippen MR) is 78.8 cm³/mol.